The summed E-state index contributed by atoms with van der Waals surface area (Å²) >= 11 is 0. The average Bonchev–Trinajstić information content (AvgIpc) is 2.44. The van der Waals surface area contributed by atoms with Crippen LogP contribution in [0.3, 0.4) is 0 Å². The number of carbonyl (C=O) groups is 1. The second-order valence-electron chi connectivity index (χ2n) is 4.83. The number of rotatable bonds is 2. The minimum atomic E-state index is -0.382. The van der Waals surface area contributed by atoms with Gasteiger partial charge in [-0.1, -0.05) is 0 Å². The van der Waals surface area contributed by atoms with E-state index in [1.807, 2.05) is 6.07 Å². The second-order valence-corrected chi connectivity index (χ2v) is 4.83. The van der Waals surface area contributed by atoms with Crippen molar-refractivity contribution in [1.29, 1.82) is 5.26 Å². The van der Waals surface area contributed by atoms with E-state index in [1.54, 1.807) is 17.9 Å². The van der Waals surface area contributed by atoms with E-state index >= 15 is 0 Å². The molecular weight excluding hydrogens is 242 g/mol. The Kier molecular flexibility index (Phi) is 4.00. The van der Waals surface area contributed by atoms with Crippen LogP contribution < -0.4 is 5.56 Å². The largest absolute Gasteiger partial charge is 0.341 e. The van der Waals surface area contributed by atoms with Crippen LogP contribution in [0.5, 0.6) is 0 Å². The fraction of sp³-hybridized carbons (Fsp3) is 0.500. The quantitative estimate of drug-likeness (QED) is 0.797. The van der Waals surface area contributed by atoms with Crippen LogP contribution in [0.15, 0.2) is 16.9 Å². The molecule has 1 amide bonds. The summed E-state index contributed by atoms with van der Waals surface area (Å²) in [7, 11) is 0. The molecule has 0 saturated carbocycles. The third-order valence-corrected chi connectivity index (χ3v) is 3.52. The lowest BCUT2D eigenvalue weighted by atomic mass is 10.1. The van der Waals surface area contributed by atoms with Crippen molar-refractivity contribution in [2.75, 3.05) is 13.1 Å². The van der Waals surface area contributed by atoms with Crippen LogP contribution in [0.1, 0.15) is 30.5 Å². The molecule has 0 atom stereocenters. The van der Waals surface area contributed by atoms with Crippen molar-refractivity contribution in [2.45, 2.75) is 32.7 Å². The number of nitrogens with zero attached hydrogens (tertiary/aromatic N) is 3. The molecule has 100 valence electrons. The van der Waals surface area contributed by atoms with Crippen LogP contribution in [-0.4, -0.2) is 28.5 Å². The molecule has 1 aliphatic heterocycles. The predicted octanol–water partition coefficient (Wildman–Crippen LogP) is 1.04. The van der Waals surface area contributed by atoms with E-state index in [0.29, 0.717) is 5.69 Å². The first-order valence-electron chi connectivity index (χ1n) is 6.52. The molecule has 1 aromatic rings. The molecule has 0 bridgehead atoms. The van der Waals surface area contributed by atoms with E-state index in [-0.39, 0.29) is 23.6 Å². The number of carbonyl (C=O) groups excluding carboxylic acids is 1. The van der Waals surface area contributed by atoms with Gasteiger partial charge in [0.2, 0.25) is 5.91 Å². The van der Waals surface area contributed by atoms with E-state index in [0.717, 1.165) is 32.4 Å². The van der Waals surface area contributed by atoms with Crippen molar-refractivity contribution in [3.05, 3.63) is 33.7 Å². The summed E-state index contributed by atoms with van der Waals surface area (Å²) in [6.45, 7) is 3.33. The van der Waals surface area contributed by atoms with Gasteiger partial charge >= 0.3 is 0 Å². The molecule has 0 aliphatic carbocycles. The van der Waals surface area contributed by atoms with Gasteiger partial charge in [-0.25, -0.2) is 0 Å². The second kappa shape index (κ2) is 5.70. The number of hydrogen-bond acceptors (Lipinski definition) is 3. The van der Waals surface area contributed by atoms with Crippen LogP contribution >= 0.6 is 0 Å². The first kappa shape index (κ1) is 13.3. The number of aromatic nitrogens is 1. The van der Waals surface area contributed by atoms with Gasteiger partial charge in [-0.2, -0.15) is 5.26 Å². The Bertz CT molecular complexity index is 577. The molecule has 1 saturated heterocycles. The molecule has 1 aliphatic rings. The van der Waals surface area contributed by atoms with Crippen molar-refractivity contribution in [3.63, 3.8) is 0 Å². The third-order valence-electron chi connectivity index (χ3n) is 3.52. The van der Waals surface area contributed by atoms with Crippen LogP contribution in [0.2, 0.25) is 0 Å². The Hall–Kier alpha value is -2.09. The normalized spacial score (nSPS) is 15.1. The molecule has 1 fully saturated rings. The van der Waals surface area contributed by atoms with Gasteiger partial charge in [-0.15, -0.1) is 0 Å². The minimum Gasteiger partial charge on any atom is -0.341 e. The summed E-state index contributed by atoms with van der Waals surface area (Å²) < 4.78 is 1.38. The monoisotopic (exact) mass is 259 g/mol. The van der Waals surface area contributed by atoms with Gasteiger partial charge in [0.15, 0.2) is 0 Å². The lowest BCUT2D eigenvalue weighted by Crippen LogP contribution is -2.40. The lowest BCUT2D eigenvalue weighted by molar-refractivity contribution is -0.132. The summed E-state index contributed by atoms with van der Waals surface area (Å²) in [5, 5.41) is 8.86. The van der Waals surface area contributed by atoms with Crippen LogP contribution in [-0.2, 0) is 11.3 Å². The lowest BCUT2D eigenvalue weighted by Gasteiger charge is -2.27. The van der Waals surface area contributed by atoms with Gasteiger partial charge in [0.1, 0.15) is 18.2 Å². The van der Waals surface area contributed by atoms with Crippen molar-refractivity contribution in [3.8, 4) is 6.07 Å². The highest BCUT2D eigenvalue weighted by Gasteiger charge is 2.18. The zero-order valence-electron chi connectivity index (χ0n) is 11.1. The van der Waals surface area contributed by atoms with Crippen molar-refractivity contribution < 1.29 is 4.79 Å². The Morgan fingerprint density at radius 3 is 2.63 bits per heavy atom. The molecule has 0 radical (unpaired) electrons. The van der Waals surface area contributed by atoms with Gasteiger partial charge in [-0.3, -0.25) is 9.59 Å². The zero-order valence-corrected chi connectivity index (χ0v) is 11.1. The summed E-state index contributed by atoms with van der Waals surface area (Å²) in [6.07, 6.45) is 3.21. The van der Waals surface area contributed by atoms with Crippen molar-refractivity contribution in [2.24, 2.45) is 0 Å². The topological polar surface area (TPSA) is 66.1 Å². The van der Waals surface area contributed by atoms with Crippen molar-refractivity contribution in [1.82, 2.24) is 9.47 Å². The maximum atomic E-state index is 12.2. The smallest absolute Gasteiger partial charge is 0.269 e. The molecule has 2 heterocycles. The first-order chi connectivity index (χ1) is 9.13. The standard InChI is InChI=1S/C14H17N3O2/c1-11-5-6-12(9-15)14(19)17(11)10-13(18)16-7-3-2-4-8-16/h5-6H,2-4,7-8,10H2,1H3. The highest BCUT2D eigenvalue weighted by Crippen LogP contribution is 2.09. The number of likely N-dealkylation sites (tertiary alicyclic amines) is 1. The van der Waals surface area contributed by atoms with Gasteiger partial charge < -0.3 is 9.47 Å². The molecule has 0 unspecified atom stereocenters. The van der Waals surface area contributed by atoms with Crippen LogP contribution in [0, 0.1) is 18.3 Å². The Morgan fingerprint density at radius 1 is 1.32 bits per heavy atom. The third kappa shape index (κ3) is 2.84. The molecule has 19 heavy (non-hydrogen) atoms. The van der Waals surface area contributed by atoms with E-state index in [1.165, 1.54) is 10.6 Å². The van der Waals surface area contributed by atoms with Gasteiger partial charge in [-0.05, 0) is 38.3 Å². The van der Waals surface area contributed by atoms with E-state index in [9.17, 15) is 9.59 Å². The fourth-order valence-electron chi connectivity index (χ4n) is 2.33. The Labute approximate surface area is 112 Å². The molecule has 0 aromatic carbocycles. The van der Waals surface area contributed by atoms with E-state index in [4.69, 9.17) is 5.26 Å². The van der Waals surface area contributed by atoms with Gasteiger partial charge in [0.25, 0.3) is 5.56 Å². The van der Waals surface area contributed by atoms with Crippen LogP contribution in [0.4, 0.5) is 0 Å². The first-order valence-corrected chi connectivity index (χ1v) is 6.52. The van der Waals surface area contributed by atoms with Gasteiger partial charge in [0, 0.05) is 18.8 Å². The number of nitriles is 1. The molecule has 2 rings (SSSR count). The number of hydrogen-bond donors (Lipinski definition) is 0. The number of piperidine rings is 1. The summed E-state index contributed by atoms with van der Waals surface area (Å²) in [5.74, 6) is -0.0417. The molecule has 0 N–H and O–H groups in total. The van der Waals surface area contributed by atoms with E-state index in [2.05, 4.69) is 0 Å². The molecular formula is C14H17N3O2. The SMILES string of the molecule is Cc1ccc(C#N)c(=O)n1CC(=O)N1CCCCC1. The summed E-state index contributed by atoms with van der Waals surface area (Å²) in [6, 6.07) is 5.05. The highest BCUT2D eigenvalue weighted by molar-refractivity contribution is 5.76. The molecule has 5 nitrogen and oxygen atoms in total. The number of pyridine rings is 1. The maximum absolute atomic E-state index is 12.2. The van der Waals surface area contributed by atoms with Crippen molar-refractivity contribution >= 4 is 5.91 Å². The summed E-state index contributed by atoms with van der Waals surface area (Å²) in [5.41, 5.74) is 0.402. The van der Waals surface area contributed by atoms with Gasteiger partial charge in [0.05, 0.1) is 0 Å². The Balaban J connectivity index is 2.21. The number of aryl methyl sites for hydroxylation is 1. The average molecular weight is 259 g/mol. The maximum Gasteiger partial charge on any atom is 0.269 e. The fourth-order valence-corrected chi connectivity index (χ4v) is 2.33. The van der Waals surface area contributed by atoms with Crippen LogP contribution in [0.25, 0.3) is 0 Å². The Morgan fingerprint density at radius 2 is 2.00 bits per heavy atom. The molecule has 0 spiro atoms. The zero-order chi connectivity index (χ0) is 13.8. The summed E-state index contributed by atoms with van der Waals surface area (Å²) in [4.78, 5) is 26.0. The predicted molar refractivity (Wildman–Crippen MR) is 70.6 cm³/mol. The van der Waals surface area contributed by atoms with E-state index < -0.39 is 0 Å². The highest BCUT2D eigenvalue weighted by atomic mass is 16.2. The molecule has 1 aromatic heterocycles. The number of amides is 1. The molecule has 5 heteroatoms. The minimum absolute atomic E-state index is 0.0280.